The molecule has 0 radical (unpaired) electrons. The summed E-state index contributed by atoms with van der Waals surface area (Å²) in [5, 5.41) is 4.11. The first kappa shape index (κ1) is 16.2. The van der Waals surface area contributed by atoms with Gasteiger partial charge in [-0.15, -0.1) is 0 Å². The molecule has 8 heteroatoms. The van der Waals surface area contributed by atoms with Crippen molar-refractivity contribution in [3.63, 3.8) is 0 Å². The Balaban J connectivity index is 2.42. The first-order chi connectivity index (χ1) is 10.3. The number of hydrogen-bond acceptors (Lipinski definition) is 5. The average molecular weight is 322 g/mol. The van der Waals surface area contributed by atoms with Gasteiger partial charge in [0.05, 0.1) is 6.61 Å². The predicted octanol–water partition coefficient (Wildman–Crippen LogP) is 1.35. The Morgan fingerprint density at radius 3 is 2.59 bits per heavy atom. The zero-order valence-corrected chi connectivity index (χ0v) is 14.0. The van der Waals surface area contributed by atoms with Crippen LogP contribution in [0.25, 0.3) is 0 Å². The van der Waals surface area contributed by atoms with E-state index < -0.39 is 11.9 Å². The van der Waals surface area contributed by atoms with Crippen molar-refractivity contribution in [1.82, 2.24) is 14.3 Å². The van der Waals surface area contributed by atoms with E-state index in [-0.39, 0.29) is 5.69 Å². The summed E-state index contributed by atoms with van der Waals surface area (Å²) in [7, 11) is 3.52. The second kappa shape index (κ2) is 6.27. The van der Waals surface area contributed by atoms with Crippen molar-refractivity contribution in [1.29, 1.82) is 0 Å². The lowest BCUT2D eigenvalue weighted by molar-refractivity contribution is 0.0530. The van der Waals surface area contributed by atoms with Crippen molar-refractivity contribution in [3.8, 4) is 0 Å². The largest absolute Gasteiger partial charge is 0.462 e. The fourth-order valence-corrected chi connectivity index (χ4v) is 2.83. The number of hydrogen-bond donors (Lipinski definition) is 0. The number of ether oxygens (including phenoxy) is 1. The maximum absolute atomic E-state index is 12.2. The molecule has 0 saturated heterocycles. The lowest BCUT2D eigenvalue weighted by Gasteiger charge is -2.00. The van der Waals surface area contributed by atoms with Crippen LogP contribution in [0.2, 0.25) is 0 Å². The van der Waals surface area contributed by atoms with Gasteiger partial charge >= 0.3 is 5.97 Å². The third-order valence-electron chi connectivity index (χ3n) is 3.30. The summed E-state index contributed by atoms with van der Waals surface area (Å²) >= 11 is 1.13. The minimum absolute atomic E-state index is 0.281. The van der Waals surface area contributed by atoms with Crippen LogP contribution in [-0.2, 0) is 18.8 Å². The van der Waals surface area contributed by atoms with Gasteiger partial charge in [-0.3, -0.25) is 9.48 Å². The molecule has 0 atom stereocenters. The van der Waals surface area contributed by atoms with Gasteiger partial charge in [0, 0.05) is 25.5 Å². The van der Waals surface area contributed by atoms with Crippen molar-refractivity contribution in [2.24, 2.45) is 19.1 Å². The van der Waals surface area contributed by atoms with E-state index in [0.717, 1.165) is 17.0 Å². The molecule has 118 valence electrons. The molecule has 2 aromatic heterocycles. The number of amides is 1. The third kappa shape index (κ3) is 3.01. The molecule has 0 fully saturated rings. The minimum atomic E-state index is -0.434. The van der Waals surface area contributed by atoms with Gasteiger partial charge in [0.2, 0.25) is 0 Å². The lowest BCUT2D eigenvalue weighted by Crippen LogP contribution is -2.15. The first-order valence-electron chi connectivity index (χ1n) is 6.78. The first-order valence-corrected chi connectivity index (χ1v) is 7.60. The standard InChI is InChI=1S/C14H18N4O3S/c1-6-21-13(20)11-9(3)17(4)14(22-11)15-12(19)10-7-8(2)18(5)16-10/h7H,6H2,1-5H3. The number of thiazole rings is 1. The van der Waals surface area contributed by atoms with Crippen molar-refractivity contribution >= 4 is 23.2 Å². The van der Waals surface area contributed by atoms with Crippen molar-refractivity contribution in [2.75, 3.05) is 6.61 Å². The van der Waals surface area contributed by atoms with Gasteiger partial charge in [0.15, 0.2) is 10.5 Å². The average Bonchev–Trinajstić information content (AvgIpc) is 2.94. The van der Waals surface area contributed by atoms with E-state index in [4.69, 9.17) is 4.74 Å². The van der Waals surface area contributed by atoms with E-state index >= 15 is 0 Å². The molecule has 0 saturated carbocycles. The van der Waals surface area contributed by atoms with Gasteiger partial charge in [-0.1, -0.05) is 11.3 Å². The Morgan fingerprint density at radius 2 is 2.05 bits per heavy atom. The third-order valence-corrected chi connectivity index (χ3v) is 4.52. The molecule has 2 heterocycles. The van der Waals surface area contributed by atoms with Crippen molar-refractivity contribution < 1.29 is 14.3 Å². The highest BCUT2D eigenvalue weighted by molar-refractivity contribution is 7.11. The molecule has 1 amide bonds. The number of carbonyl (C=O) groups is 2. The quantitative estimate of drug-likeness (QED) is 0.799. The Labute approximate surface area is 131 Å². The summed E-state index contributed by atoms with van der Waals surface area (Å²) < 4.78 is 8.32. The predicted molar refractivity (Wildman–Crippen MR) is 81.8 cm³/mol. The second-order valence-electron chi connectivity index (χ2n) is 4.79. The fraction of sp³-hybridized carbons (Fsp3) is 0.429. The van der Waals surface area contributed by atoms with Gasteiger partial charge in [0.1, 0.15) is 4.88 Å². The highest BCUT2D eigenvalue weighted by atomic mass is 32.1. The number of aromatic nitrogens is 3. The van der Waals surface area contributed by atoms with Gasteiger partial charge in [-0.05, 0) is 26.8 Å². The number of esters is 1. The van der Waals surface area contributed by atoms with Crippen LogP contribution in [0.5, 0.6) is 0 Å². The van der Waals surface area contributed by atoms with Gasteiger partial charge in [0.25, 0.3) is 5.91 Å². The molecule has 2 rings (SSSR count). The molecular weight excluding hydrogens is 304 g/mol. The van der Waals surface area contributed by atoms with Gasteiger partial charge < -0.3 is 9.30 Å². The summed E-state index contributed by atoms with van der Waals surface area (Å²) in [5.41, 5.74) is 1.87. The highest BCUT2D eigenvalue weighted by Crippen LogP contribution is 2.12. The number of aryl methyl sites for hydroxylation is 2. The maximum atomic E-state index is 12.2. The smallest absolute Gasteiger partial charge is 0.350 e. The molecular formula is C14H18N4O3S. The van der Waals surface area contributed by atoms with E-state index in [1.54, 1.807) is 43.3 Å². The molecule has 0 bridgehead atoms. The molecule has 0 unspecified atom stereocenters. The molecule has 0 spiro atoms. The molecule has 0 aliphatic heterocycles. The highest BCUT2D eigenvalue weighted by Gasteiger charge is 2.17. The maximum Gasteiger partial charge on any atom is 0.350 e. The van der Waals surface area contributed by atoms with Crippen LogP contribution in [0.15, 0.2) is 11.1 Å². The van der Waals surface area contributed by atoms with E-state index in [9.17, 15) is 9.59 Å². The van der Waals surface area contributed by atoms with Crippen molar-refractivity contribution in [2.45, 2.75) is 20.8 Å². The van der Waals surface area contributed by atoms with Gasteiger partial charge in [-0.25, -0.2) is 4.79 Å². The summed E-state index contributed by atoms with van der Waals surface area (Å²) in [6.07, 6.45) is 0. The second-order valence-corrected chi connectivity index (χ2v) is 5.77. The number of rotatable bonds is 3. The van der Waals surface area contributed by atoms with Crippen LogP contribution in [0, 0.1) is 13.8 Å². The Morgan fingerprint density at radius 1 is 1.36 bits per heavy atom. The molecule has 0 aliphatic carbocycles. The summed E-state index contributed by atoms with van der Waals surface area (Å²) in [5.74, 6) is -0.834. The topological polar surface area (TPSA) is 78.5 Å². The molecule has 22 heavy (non-hydrogen) atoms. The van der Waals surface area contributed by atoms with E-state index in [2.05, 4.69) is 10.1 Å². The molecule has 0 aromatic carbocycles. The van der Waals surface area contributed by atoms with E-state index in [1.807, 2.05) is 6.92 Å². The molecule has 0 N–H and O–H groups in total. The Hall–Kier alpha value is -2.22. The van der Waals surface area contributed by atoms with Crippen LogP contribution in [0.3, 0.4) is 0 Å². The fourth-order valence-electron chi connectivity index (χ4n) is 1.82. The summed E-state index contributed by atoms with van der Waals surface area (Å²) in [6, 6.07) is 1.68. The molecule has 2 aromatic rings. The SMILES string of the molecule is CCOC(=O)c1sc(=NC(=O)c2cc(C)n(C)n2)n(C)c1C. The minimum Gasteiger partial charge on any atom is -0.462 e. The monoisotopic (exact) mass is 322 g/mol. The lowest BCUT2D eigenvalue weighted by atomic mass is 10.3. The Bertz CT molecular complexity index is 778. The van der Waals surface area contributed by atoms with Crippen LogP contribution in [-0.4, -0.2) is 32.8 Å². The zero-order valence-electron chi connectivity index (χ0n) is 13.2. The number of nitrogens with zero attached hydrogens (tertiary/aromatic N) is 4. The van der Waals surface area contributed by atoms with Gasteiger partial charge in [-0.2, -0.15) is 10.1 Å². The van der Waals surface area contributed by atoms with E-state index in [0.29, 0.717) is 22.0 Å². The number of carbonyl (C=O) groups excluding carboxylic acids is 2. The van der Waals surface area contributed by atoms with Crippen LogP contribution in [0.1, 0.15) is 38.5 Å². The summed E-state index contributed by atoms with van der Waals surface area (Å²) in [6.45, 7) is 5.70. The summed E-state index contributed by atoms with van der Waals surface area (Å²) in [4.78, 5) is 29.0. The van der Waals surface area contributed by atoms with E-state index in [1.165, 1.54) is 0 Å². The van der Waals surface area contributed by atoms with Crippen LogP contribution < -0.4 is 4.80 Å². The molecule has 0 aliphatic rings. The van der Waals surface area contributed by atoms with Crippen LogP contribution in [0.4, 0.5) is 0 Å². The normalized spacial score (nSPS) is 11.8. The van der Waals surface area contributed by atoms with Crippen molar-refractivity contribution in [3.05, 3.63) is 32.8 Å². The Kier molecular flexibility index (Phi) is 4.60. The molecule has 7 nitrogen and oxygen atoms in total. The van der Waals surface area contributed by atoms with Crippen LogP contribution >= 0.6 is 11.3 Å². The zero-order chi connectivity index (χ0) is 16.4.